The summed E-state index contributed by atoms with van der Waals surface area (Å²) < 4.78 is 5.91. The number of amides is 1. The highest BCUT2D eigenvalue weighted by Gasteiger charge is 2.26. The third-order valence-electron chi connectivity index (χ3n) is 4.15. The molecule has 1 amide bonds. The normalized spacial score (nSPS) is 18.0. The first-order chi connectivity index (χ1) is 10.8. The monoisotopic (exact) mass is 295 g/mol. The zero-order valence-electron chi connectivity index (χ0n) is 12.9. The predicted molar refractivity (Wildman–Crippen MR) is 87.3 cm³/mol. The van der Waals surface area contributed by atoms with E-state index in [9.17, 15) is 4.79 Å². The molecule has 0 radical (unpaired) electrons. The quantitative estimate of drug-likeness (QED) is 0.834. The van der Waals surface area contributed by atoms with Crippen LogP contribution in [0.2, 0.25) is 0 Å². The van der Waals surface area contributed by atoms with Gasteiger partial charge in [0.1, 0.15) is 11.5 Å². The van der Waals surface area contributed by atoms with Crippen LogP contribution in [0.25, 0.3) is 0 Å². The molecule has 1 saturated heterocycles. The smallest absolute Gasteiger partial charge is 0.257 e. The van der Waals surface area contributed by atoms with Gasteiger partial charge in [-0.1, -0.05) is 30.3 Å². The molecule has 2 aromatic rings. The highest BCUT2D eigenvalue weighted by atomic mass is 16.5. The first-order valence-electron chi connectivity index (χ1n) is 7.88. The van der Waals surface area contributed by atoms with Crippen LogP contribution in [0.3, 0.4) is 0 Å². The van der Waals surface area contributed by atoms with Crippen molar-refractivity contribution in [2.45, 2.75) is 32.2 Å². The highest BCUT2D eigenvalue weighted by Crippen LogP contribution is 2.28. The van der Waals surface area contributed by atoms with Gasteiger partial charge in [0.2, 0.25) is 0 Å². The van der Waals surface area contributed by atoms with Crippen LogP contribution >= 0.6 is 0 Å². The van der Waals surface area contributed by atoms with Gasteiger partial charge in [-0.2, -0.15) is 0 Å². The van der Waals surface area contributed by atoms with Crippen LogP contribution < -0.4 is 4.74 Å². The molecule has 3 heteroatoms. The van der Waals surface area contributed by atoms with Gasteiger partial charge in [-0.05, 0) is 50.5 Å². The Morgan fingerprint density at radius 3 is 2.55 bits per heavy atom. The van der Waals surface area contributed by atoms with Crippen molar-refractivity contribution in [3.63, 3.8) is 0 Å². The first-order valence-corrected chi connectivity index (χ1v) is 7.88. The van der Waals surface area contributed by atoms with Crippen molar-refractivity contribution < 1.29 is 9.53 Å². The van der Waals surface area contributed by atoms with Crippen LogP contribution in [0.5, 0.6) is 11.5 Å². The molecule has 0 aromatic heterocycles. The van der Waals surface area contributed by atoms with E-state index in [4.69, 9.17) is 4.74 Å². The molecular weight excluding hydrogens is 274 g/mol. The van der Waals surface area contributed by atoms with Gasteiger partial charge in [-0.15, -0.1) is 0 Å². The van der Waals surface area contributed by atoms with Gasteiger partial charge in [0, 0.05) is 12.6 Å². The molecule has 3 rings (SSSR count). The van der Waals surface area contributed by atoms with Gasteiger partial charge in [0.05, 0.1) is 5.56 Å². The highest BCUT2D eigenvalue weighted by molar-refractivity contribution is 5.97. The van der Waals surface area contributed by atoms with Gasteiger partial charge in [-0.3, -0.25) is 4.79 Å². The van der Waals surface area contributed by atoms with Crippen molar-refractivity contribution in [2.75, 3.05) is 6.54 Å². The lowest BCUT2D eigenvalue weighted by molar-refractivity contribution is 0.0633. The topological polar surface area (TPSA) is 29.5 Å². The summed E-state index contributed by atoms with van der Waals surface area (Å²) in [5.41, 5.74) is 0.639. The number of carbonyl (C=O) groups is 1. The van der Waals surface area contributed by atoms with Crippen LogP contribution in [-0.2, 0) is 0 Å². The molecule has 0 bridgehead atoms. The number of ether oxygens (including phenoxy) is 1. The maximum Gasteiger partial charge on any atom is 0.257 e. The molecule has 114 valence electrons. The number of hydrogen-bond acceptors (Lipinski definition) is 2. The van der Waals surface area contributed by atoms with Crippen LogP contribution in [-0.4, -0.2) is 23.4 Å². The fourth-order valence-electron chi connectivity index (χ4n) is 2.90. The predicted octanol–water partition coefficient (Wildman–Crippen LogP) is 4.49. The summed E-state index contributed by atoms with van der Waals surface area (Å²) in [5, 5.41) is 0. The van der Waals surface area contributed by atoms with E-state index in [1.165, 1.54) is 6.42 Å². The van der Waals surface area contributed by atoms with Crippen molar-refractivity contribution in [1.29, 1.82) is 0 Å². The third-order valence-corrected chi connectivity index (χ3v) is 4.15. The summed E-state index contributed by atoms with van der Waals surface area (Å²) >= 11 is 0. The Hall–Kier alpha value is -2.29. The van der Waals surface area contributed by atoms with E-state index in [1.54, 1.807) is 0 Å². The first kappa shape index (κ1) is 14.6. The fraction of sp³-hybridized carbons (Fsp3) is 0.316. The minimum absolute atomic E-state index is 0.0683. The Kier molecular flexibility index (Phi) is 4.42. The zero-order valence-corrected chi connectivity index (χ0v) is 12.9. The lowest BCUT2D eigenvalue weighted by Gasteiger charge is -2.33. The zero-order chi connectivity index (χ0) is 15.4. The molecule has 0 aliphatic carbocycles. The molecule has 0 unspecified atom stereocenters. The van der Waals surface area contributed by atoms with Crippen LogP contribution in [0.1, 0.15) is 36.5 Å². The Bertz CT molecular complexity index is 639. The molecule has 1 heterocycles. The average molecular weight is 295 g/mol. The number of para-hydroxylation sites is 2. The number of carbonyl (C=O) groups excluding carboxylic acids is 1. The molecular formula is C19H21NO2. The Balaban J connectivity index is 1.86. The number of benzene rings is 2. The standard InChI is InChI=1S/C19H21NO2/c1-15-9-7-8-14-20(15)19(21)17-12-5-6-13-18(17)22-16-10-3-2-4-11-16/h2-6,10-13,15H,7-9,14H2,1H3/t15-/m1/s1. The number of likely N-dealkylation sites (tertiary alicyclic amines) is 1. The molecule has 1 aliphatic rings. The van der Waals surface area contributed by atoms with E-state index < -0.39 is 0 Å². The van der Waals surface area contributed by atoms with Crippen molar-refractivity contribution >= 4 is 5.91 Å². The van der Waals surface area contributed by atoms with Gasteiger partial charge in [0.25, 0.3) is 5.91 Å². The second kappa shape index (κ2) is 6.65. The lowest BCUT2D eigenvalue weighted by atomic mass is 10.0. The molecule has 22 heavy (non-hydrogen) atoms. The van der Waals surface area contributed by atoms with E-state index in [1.807, 2.05) is 59.5 Å². The van der Waals surface area contributed by atoms with Crippen LogP contribution in [0.4, 0.5) is 0 Å². The third kappa shape index (κ3) is 3.14. The number of rotatable bonds is 3. The summed E-state index contributed by atoms with van der Waals surface area (Å²) in [6, 6.07) is 17.4. The Morgan fingerprint density at radius 1 is 1.05 bits per heavy atom. The minimum Gasteiger partial charge on any atom is -0.457 e. The SMILES string of the molecule is C[C@@H]1CCCCN1C(=O)c1ccccc1Oc1ccccc1. The van der Waals surface area contributed by atoms with E-state index in [-0.39, 0.29) is 5.91 Å². The molecule has 2 aromatic carbocycles. The summed E-state index contributed by atoms with van der Waals surface area (Å²) in [6.07, 6.45) is 3.36. The second-order valence-corrected chi connectivity index (χ2v) is 5.75. The van der Waals surface area contributed by atoms with Crippen molar-refractivity contribution in [1.82, 2.24) is 4.90 Å². The minimum atomic E-state index is 0.0683. The Labute approximate surface area is 131 Å². The van der Waals surface area contributed by atoms with Crippen molar-refractivity contribution in [3.05, 3.63) is 60.2 Å². The van der Waals surface area contributed by atoms with Crippen molar-refractivity contribution in [3.8, 4) is 11.5 Å². The lowest BCUT2D eigenvalue weighted by Crippen LogP contribution is -2.42. The molecule has 0 N–H and O–H groups in total. The van der Waals surface area contributed by atoms with Crippen molar-refractivity contribution in [2.24, 2.45) is 0 Å². The van der Waals surface area contributed by atoms with Crippen LogP contribution in [0, 0.1) is 0 Å². The van der Waals surface area contributed by atoms with Gasteiger partial charge in [-0.25, -0.2) is 0 Å². The van der Waals surface area contributed by atoms with E-state index in [0.717, 1.165) is 25.1 Å². The molecule has 1 aliphatic heterocycles. The largest absolute Gasteiger partial charge is 0.457 e. The summed E-state index contributed by atoms with van der Waals surface area (Å²) in [5.74, 6) is 1.43. The van der Waals surface area contributed by atoms with Gasteiger partial charge >= 0.3 is 0 Å². The summed E-state index contributed by atoms with van der Waals surface area (Å²) in [7, 11) is 0. The summed E-state index contributed by atoms with van der Waals surface area (Å²) in [4.78, 5) is 14.8. The van der Waals surface area contributed by atoms with E-state index in [2.05, 4.69) is 6.92 Å². The molecule has 3 nitrogen and oxygen atoms in total. The molecule has 1 fully saturated rings. The number of piperidine rings is 1. The average Bonchev–Trinajstić information content (AvgIpc) is 2.56. The van der Waals surface area contributed by atoms with Gasteiger partial charge < -0.3 is 9.64 Å². The Morgan fingerprint density at radius 2 is 1.77 bits per heavy atom. The molecule has 0 spiro atoms. The van der Waals surface area contributed by atoms with E-state index >= 15 is 0 Å². The van der Waals surface area contributed by atoms with Gasteiger partial charge in [0.15, 0.2) is 0 Å². The maximum absolute atomic E-state index is 12.9. The maximum atomic E-state index is 12.9. The number of hydrogen-bond donors (Lipinski definition) is 0. The summed E-state index contributed by atoms with van der Waals surface area (Å²) in [6.45, 7) is 2.96. The van der Waals surface area contributed by atoms with Crippen LogP contribution in [0.15, 0.2) is 54.6 Å². The van der Waals surface area contributed by atoms with E-state index in [0.29, 0.717) is 17.4 Å². The fourth-order valence-corrected chi connectivity index (χ4v) is 2.90. The number of nitrogens with zero attached hydrogens (tertiary/aromatic N) is 1. The molecule has 1 atom stereocenters. The second-order valence-electron chi connectivity index (χ2n) is 5.75. The molecule has 0 saturated carbocycles.